The van der Waals surface area contributed by atoms with Gasteiger partial charge < -0.3 is 0 Å². The molecule has 3 N–H and O–H groups in total. The van der Waals surface area contributed by atoms with Crippen molar-refractivity contribution >= 4 is 0 Å². The Morgan fingerprint density at radius 1 is 1.71 bits per heavy atom. The summed E-state index contributed by atoms with van der Waals surface area (Å²) in [6, 6.07) is 0. The predicted molar refractivity (Wildman–Crippen MR) is 21.7 cm³/mol. The molecule has 0 aromatic carbocycles. The number of nitrogens with two attached hydrogens (primary N) is 1. The van der Waals surface area contributed by atoms with E-state index in [-0.39, 0.29) is 18.3 Å². The Balaban J connectivity index is 0. The molecule has 0 aromatic heterocycles. The first-order valence-electron chi connectivity index (χ1n) is 1.72. The second kappa shape index (κ2) is 9.57. The van der Waals surface area contributed by atoms with Gasteiger partial charge in [-0.05, 0) is 0 Å². The summed E-state index contributed by atoms with van der Waals surface area (Å²) in [6.45, 7) is 0. The minimum atomic E-state index is 0.125. The summed E-state index contributed by atoms with van der Waals surface area (Å²) in [7, 11) is 3.47. The van der Waals surface area contributed by atoms with Crippen molar-refractivity contribution in [2.24, 2.45) is 5.84 Å². The molecular formula is C2H9N3OZn. The quantitative estimate of drug-likeness (QED) is 0.285. The maximum atomic E-state index is 8.38. The van der Waals surface area contributed by atoms with Crippen LogP contribution in [0, 0.1) is 0 Å². The Kier molecular flexibility index (Phi) is 14.1. The van der Waals surface area contributed by atoms with Crippen LogP contribution in [0.2, 0.25) is 0 Å². The fourth-order valence-corrected chi connectivity index (χ4v) is 0. The molecule has 0 unspecified atom stereocenters. The average Bonchev–Trinajstić information content (AvgIpc) is 1.73. The molecule has 7 heavy (non-hydrogen) atoms. The first-order chi connectivity index (χ1) is 3.27. The Hall–Kier alpha value is 0.303. The average molecular weight is 157 g/mol. The van der Waals surface area contributed by atoms with Gasteiger partial charge in [0, 0.05) is 14.1 Å². The van der Waals surface area contributed by atoms with Crippen molar-refractivity contribution < 1.29 is 21.8 Å². The zero-order valence-corrected chi connectivity index (χ0v) is 7.61. The molecule has 0 aliphatic carbocycles. The molecule has 0 fully saturated rings. The molecule has 5 heteroatoms. The Bertz CT molecular complexity index is 34.1. The van der Waals surface area contributed by atoms with Crippen molar-refractivity contribution in [2.45, 2.75) is 0 Å². The molecule has 0 aliphatic heterocycles. The third-order valence-corrected chi connectivity index (χ3v) is 0.353. The van der Waals surface area contributed by atoms with E-state index in [9.17, 15) is 0 Å². The van der Waals surface area contributed by atoms with E-state index in [0.29, 0.717) is 0 Å². The maximum absolute atomic E-state index is 8.38. The number of hydrazine groups is 2. The van der Waals surface area contributed by atoms with E-state index in [2.05, 4.69) is 5.43 Å². The molecule has 0 saturated heterocycles. The van der Waals surface area contributed by atoms with E-state index in [1.165, 1.54) is 5.12 Å². The number of nitrogens with zero attached hydrogens (tertiary/aromatic N) is 1. The van der Waals surface area contributed by atoms with Crippen molar-refractivity contribution in [1.82, 2.24) is 10.5 Å². The number of nitrogens with one attached hydrogen (secondary N) is 1. The van der Waals surface area contributed by atoms with Gasteiger partial charge in [-0.2, -0.15) is 5.12 Å². The second-order valence-electron chi connectivity index (χ2n) is 0.835. The molecule has 40 valence electrons. The van der Waals surface area contributed by atoms with Crippen LogP contribution in [-0.2, 0) is 21.8 Å². The fourth-order valence-electron chi connectivity index (χ4n) is 0. The van der Waals surface area contributed by atoms with Crippen LogP contribution in [0.4, 0.5) is 0 Å². The van der Waals surface area contributed by atoms with Crippen LogP contribution in [0.5, 0.6) is 0 Å². The van der Waals surface area contributed by atoms with E-state index in [0.717, 1.165) is 0 Å². The zero-order valence-electron chi connectivity index (χ0n) is 4.64. The van der Waals surface area contributed by atoms with Crippen LogP contribution in [0.1, 0.15) is 0 Å². The third kappa shape index (κ3) is 22.0. The van der Waals surface area contributed by atoms with Gasteiger partial charge in [-0.25, -0.2) is 5.43 Å². The summed E-state index contributed by atoms with van der Waals surface area (Å²) in [5, 5.41) is 1.38. The summed E-state index contributed by atoms with van der Waals surface area (Å²) >= 11 is 0.125. The predicted octanol–water partition coefficient (Wildman–Crippen LogP) is -1.19. The SMILES string of the molecule is CNN(C)N.[O]=[Zn]. The summed E-state index contributed by atoms with van der Waals surface area (Å²) < 4.78 is 8.38. The molecule has 0 aromatic rings. The molecule has 0 atom stereocenters. The van der Waals surface area contributed by atoms with Crippen LogP contribution >= 0.6 is 0 Å². The van der Waals surface area contributed by atoms with Crippen LogP contribution in [0.3, 0.4) is 0 Å². The van der Waals surface area contributed by atoms with Gasteiger partial charge in [-0.3, -0.25) is 5.84 Å². The summed E-state index contributed by atoms with van der Waals surface area (Å²) in [5.41, 5.74) is 2.64. The van der Waals surface area contributed by atoms with Gasteiger partial charge in [0.25, 0.3) is 0 Å². The summed E-state index contributed by atoms with van der Waals surface area (Å²) in [6.07, 6.45) is 0. The van der Waals surface area contributed by atoms with Crippen LogP contribution < -0.4 is 11.3 Å². The van der Waals surface area contributed by atoms with Gasteiger partial charge in [0.15, 0.2) is 0 Å². The normalized spacial score (nSPS) is 7.71. The van der Waals surface area contributed by atoms with Gasteiger partial charge in [-0.15, -0.1) is 0 Å². The molecule has 4 nitrogen and oxygen atoms in total. The van der Waals surface area contributed by atoms with Crippen LogP contribution in [-0.4, -0.2) is 19.2 Å². The monoisotopic (exact) mass is 155 g/mol. The topological polar surface area (TPSA) is 58.4 Å². The molecule has 0 amide bonds. The van der Waals surface area contributed by atoms with Crippen molar-refractivity contribution in [3.05, 3.63) is 0 Å². The van der Waals surface area contributed by atoms with E-state index in [1.807, 2.05) is 0 Å². The Morgan fingerprint density at radius 2 is 1.86 bits per heavy atom. The number of hydrogen-bond acceptors (Lipinski definition) is 4. The van der Waals surface area contributed by atoms with E-state index in [1.54, 1.807) is 14.1 Å². The number of hydrogen-bond donors (Lipinski definition) is 2. The Labute approximate surface area is 52.9 Å². The fraction of sp³-hybridized carbons (Fsp3) is 1.00. The van der Waals surface area contributed by atoms with Crippen LogP contribution in [0.25, 0.3) is 0 Å². The minimum absolute atomic E-state index is 0.125. The van der Waals surface area contributed by atoms with E-state index >= 15 is 0 Å². The molecule has 0 saturated carbocycles. The Morgan fingerprint density at radius 3 is 1.86 bits per heavy atom. The first kappa shape index (κ1) is 10.3. The van der Waals surface area contributed by atoms with Crippen LogP contribution in [0.15, 0.2) is 0 Å². The van der Waals surface area contributed by atoms with Gasteiger partial charge >= 0.3 is 21.8 Å². The van der Waals surface area contributed by atoms with E-state index in [4.69, 9.17) is 9.42 Å². The van der Waals surface area contributed by atoms with Crippen molar-refractivity contribution in [2.75, 3.05) is 14.1 Å². The summed E-state index contributed by atoms with van der Waals surface area (Å²) in [4.78, 5) is 0. The molecule has 0 bridgehead atoms. The first-order valence-corrected chi connectivity index (χ1v) is 2.93. The van der Waals surface area contributed by atoms with Gasteiger partial charge in [0.05, 0.1) is 0 Å². The molecule has 0 heterocycles. The van der Waals surface area contributed by atoms with Crippen molar-refractivity contribution in [3.63, 3.8) is 0 Å². The van der Waals surface area contributed by atoms with Gasteiger partial charge in [-0.1, -0.05) is 0 Å². The molecule has 0 aliphatic rings. The molecule has 0 spiro atoms. The third-order valence-electron chi connectivity index (χ3n) is 0.353. The zero-order chi connectivity index (χ0) is 6.28. The standard InChI is InChI=1S/C2H9N3.O.Zn/c1-4-5(2)3;;/h4H,3H2,1-2H3;;. The molecular weight excluding hydrogens is 147 g/mol. The second-order valence-corrected chi connectivity index (χ2v) is 0.835. The van der Waals surface area contributed by atoms with Gasteiger partial charge in [0.2, 0.25) is 0 Å². The van der Waals surface area contributed by atoms with Crippen molar-refractivity contribution in [1.29, 1.82) is 0 Å². The van der Waals surface area contributed by atoms with Gasteiger partial charge in [0.1, 0.15) is 0 Å². The summed E-state index contributed by atoms with van der Waals surface area (Å²) in [5.74, 6) is 5.01. The molecule has 0 radical (unpaired) electrons. The van der Waals surface area contributed by atoms with Crippen molar-refractivity contribution in [3.8, 4) is 0 Å². The van der Waals surface area contributed by atoms with E-state index < -0.39 is 0 Å². The number of rotatable bonds is 1. The molecule has 0 rings (SSSR count).